The summed E-state index contributed by atoms with van der Waals surface area (Å²) < 4.78 is 39.0. The van der Waals surface area contributed by atoms with Gasteiger partial charge < -0.3 is 5.73 Å². The van der Waals surface area contributed by atoms with E-state index in [1.807, 2.05) is 0 Å². The number of sulfonamides is 1. The molecule has 0 bridgehead atoms. The van der Waals surface area contributed by atoms with Crippen molar-refractivity contribution in [3.63, 3.8) is 0 Å². The van der Waals surface area contributed by atoms with Crippen LogP contribution < -0.4 is 5.73 Å². The highest BCUT2D eigenvalue weighted by molar-refractivity contribution is 7.89. The SMILES string of the molecule is CC(C)N(CC(N)=S)S(=O)(=O)c1ncccc1F. The van der Waals surface area contributed by atoms with Gasteiger partial charge in [0.25, 0.3) is 10.0 Å². The average molecular weight is 291 g/mol. The van der Waals surface area contributed by atoms with Crippen molar-refractivity contribution in [1.29, 1.82) is 0 Å². The predicted octanol–water partition coefficient (Wildman–Crippen LogP) is 0.906. The van der Waals surface area contributed by atoms with Crippen LogP contribution in [0.5, 0.6) is 0 Å². The minimum atomic E-state index is -4.05. The Morgan fingerprint density at radius 2 is 2.22 bits per heavy atom. The summed E-state index contributed by atoms with van der Waals surface area (Å²) in [4.78, 5) is 3.59. The molecule has 0 saturated carbocycles. The molecule has 0 radical (unpaired) electrons. The Kier molecular flexibility index (Phi) is 4.71. The summed E-state index contributed by atoms with van der Waals surface area (Å²) in [6.07, 6.45) is 1.22. The van der Waals surface area contributed by atoms with Gasteiger partial charge in [0, 0.05) is 12.2 Å². The van der Waals surface area contributed by atoms with Crippen LogP contribution >= 0.6 is 12.2 Å². The number of hydrogen-bond donors (Lipinski definition) is 1. The molecule has 0 amide bonds. The van der Waals surface area contributed by atoms with Gasteiger partial charge in [-0.15, -0.1) is 0 Å². The zero-order valence-electron chi connectivity index (χ0n) is 10.00. The molecule has 0 fully saturated rings. The third-order valence-electron chi connectivity index (χ3n) is 2.17. The number of thiocarbonyl (C=S) groups is 1. The fourth-order valence-electron chi connectivity index (χ4n) is 1.37. The molecule has 0 unspecified atom stereocenters. The van der Waals surface area contributed by atoms with E-state index in [9.17, 15) is 12.8 Å². The van der Waals surface area contributed by atoms with Crippen molar-refractivity contribution < 1.29 is 12.8 Å². The monoisotopic (exact) mass is 291 g/mol. The van der Waals surface area contributed by atoms with Crippen LogP contribution in [0.2, 0.25) is 0 Å². The Hall–Kier alpha value is -1.12. The maximum atomic E-state index is 13.5. The molecule has 2 N–H and O–H groups in total. The van der Waals surface area contributed by atoms with Crippen LogP contribution in [0.25, 0.3) is 0 Å². The lowest BCUT2D eigenvalue weighted by atomic mass is 10.4. The molecule has 0 aromatic carbocycles. The first-order valence-corrected chi connectivity index (χ1v) is 7.02. The fourth-order valence-corrected chi connectivity index (χ4v) is 3.19. The number of aromatic nitrogens is 1. The standard InChI is InChI=1S/C10H14FN3O2S2/c1-7(2)14(6-9(12)17)18(15,16)10-8(11)4-3-5-13-10/h3-5,7H,6H2,1-2H3,(H2,12,17). The lowest BCUT2D eigenvalue weighted by Crippen LogP contribution is -2.42. The van der Waals surface area contributed by atoms with Gasteiger partial charge in [0.1, 0.15) is 0 Å². The molecular weight excluding hydrogens is 277 g/mol. The van der Waals surface area contributed by atoms with Crippen LogP contribution in [0.4, 0.5) is 4.39 Å². The molecule has 0 aliphatic heterocycles. The Morgan fingerprint density at radius 3 is 2.67 bits per heavy atom. The Morgan fingerprint density at radius 1 is 1.61 bits per heavy atom. The summed E-state index contributed by atoms with van der Waals surface area (Å²) in [5.74, 6) is -0.897. The second-order valence-corrected chi connectivity index (χ2v) is 6.23. The van der Waals surface area contributed by atoms with Gasteiger partial charge in [-0.3, -0.25) is 0 Å². The lowest BCUT2D eigenvalue weighted by molar-refractivity contribution is 0.385. The fraction of sp³-hybridized carbons (Fsp3) is 0.400. The number of halogens is 1. The molecule has 0 aliphatic carbocycles. The van der Waals surface area contributed by atoms with E-state index in [1.165, 1.54) is 12.3 Å². The van der Waals surface area contributed by atoms with Gasteiger partial charge in [-0.1, -0.05) is 12.2 Å². The van der Waals surface area contributed by atoms with Gasteiger partial charge >= 0.3 is 0 Å². The van der Waals surface area contributed by atoms with E-state index in [1.54, 1.807) is 13.8 Å². The molecule has 5 nitrogen and oxygen atoms in total. The molecule has 1 aromatic heterocycles. The quantitative estimate of drug-likeness (QED) is 0.816. The van der Waals surface area contributed by atoms with Gasteiger partial charge in [-0.25, -0.2) is 17.8 Å². The number of nitrogens with zero attached hydrogens (tertiary/aromatic N) is 2. The van der Waals surface area contributed by atoms with E-state index < -0.39 is 26.9 Å². The summed E-state index contributed by atoms with van der Waals surface area (Å²) in [6, 6.07) is 1.96. The van der Waals surface area contributed by atoms with Crippen molar-refractivity contribution in [3.8, 4) is 0 Å². The summed E-state index contributed by atoms with van der Waals surface area (Å²) in [6.45, 7) is 3.15. The zero-order chi connectivity index (χ0) is 13.9. The Balaban J connectivity index is 3.26. The smallest absolute Gasteiger partial charge is 0.264 e. The first kappa shape index (κ1) is 14.9. The van der Waals surface area contributed by atoms with Crippen molar-refractivity contribution in [3.05, 3.63) is 24.1 Å². The van der Waals surface area contributed by atoms with Gasteiger partial charge in [-0.2, -0.15) is 4.31 Å². The van der Waals surface area contributed by atoms with E-state index in [0.29, 0.717) is 0 Å². The van der Waals surface area contributed by atoms with Crippen molar-refractivity contribution in [2.45, 2.75) is 24.9 Å². The van der Waals surface area contributed by atoms with Crippen LogP contribution in [-0.2, 0) is 10.0 Å². The Labute approximate surface area is 111 Å². The third kappa shape index (κ3) is 3.21. The Bertz CT molecular complexity index is 546. The van der Waals surface area contributed by atoms with Crippen molar-refractivity contribution in [2.75, 3.05) is 6.54 Å². The molecular formula is C10H14FN3O2S2. The number of hydrogen-bond acceptors (Lipinski definition) is 4. The number of nitrogens with two attached hydrogens (primary N) is 1. The van der Waals surface area contributed by atoms with Gasteiger partial charge in [-0.05, 0) is 26.0 Å². The highest BCUT2D eigenvalue weighted by Gasteiger charge is 2.31. The lowest BCUT2D eigenvalue weighted by Gasteiger charge is -2.24. The molecule has 1 aromatic rings. The van der Waals surface area contributed by atoms with Crippen LogP contribution in [0, 0.1) is 5.82 Å². The molecule has 0 spiro atoms. The van der Waals surface area contributed by atoms with Crippen LogP contribution in [-0.4, -0.2) is 35.3 Å². The summed E-state index contributed by atoms with van der Waals surface area (Å²) in [7, 11) is -4.05. The minimum absolute atomic E-state index is 0.0172. The van der Waals surface area contributed by atoms with Gasteiger partial charge in [0.05, 0.1) is 11.5 Å². The molecule has 0 saturated heterocycles. The van der Waals surface area contributed by atoms with Crippen molar-refractivity contribution >= 4 is 27.2 Å². The van der Waals surface area contributed by atoms with Gasteiger partial charge in [0.2, 0.25) is 5.03 Å². The second-order valence-electron chi connectivity index (χ2n) is 3.90. The van der Waals surface area contributed by atoms with E-state index in [-0.39, 0.29) is 11.5 Å². The molecule has 100 valence electrons. The maximum absolute atomic E-state index is 13.5. The van der Waals surface area contributed by atoms with Gasteiger partial charge in [0.15, 0.2) is 5.82 Å². The third-order valence-corrected chi connectivity index (χ3v) is 4.25. The van der Waals surface area contributed by atoms with E-state index in [4.69, 9.17) is 18.0 Å². The van der Waals surface area contributed by atoms with Crippen molar-refractivity contribution in [1.82, 2.24) is 9.29 Å². The first-order chi connectivity index (χ1) is 8.26. The molecule has 1 rings (SSSR count). The van der Waals surface area contributed by atoms with Crippen LogP contribution in [0.3, 0.4) is 0 Å². The number of rotatable bonds is 5. The molecule has 1 heterocycles. The first-order valence-electron chi connectivity index (χ1n) is 5.17. The highest BCUT2D eigenvalue weighted by atomic mass is 32.2. The number of pyridine rings is 1. The zero-order valence-corrected chi connectivity index (χ0v) is 11.6. The second kappa shape index (κ2) is 5.68. The summed E-state index contributed by atoms with van der Waals surface area (Å²) >= 11 is 4.70. The molecule has 0 atom stereocenters. The largest absolute Gasteiger partial charge is 0.392 e. The van der Waals surface area contributed by atoms with Crippen LogP contribution in [0.15, 0.2) is 23.4 Å². The van der Waals surface area contributed by atoms with Crippen molar-refractivity contribution in [2.24, 2.45) is 5.73 Å². The van der Waals surface area contributed by atoms with E-state index >= 15 is 0 Å². The maximum Gasteiger partial charge on any atom is 0.264 e. The predicted molar refractivity (Wildman–Crippen MR) is 70.0 cm³/mol. The molecule has 8 heteroatoms. The van der Waals surface area contributed by atoms with Crippen LogP contribution in [0.1, 0.15) is 13.8 Å². The molecule has 18 heavy (non-hydrogen) atoms. The van der Waals surface area contributed by atoms with E-state index in [0.717, 1.165) is 10.4 Å². The normalized spacial score (nSPS) is 12.1. The molecule has 0 aliphatic rings. The average Bonchev–Trinajstić information content (AvgIpc) is 2.25. The minimum Gasteiger partial charge on any atom is -0.392 e. The summed E-state index contributed by atoms with van der Waals surface area (Å²) in [5, 5.41) is -0.616. The topological polar surface area (TPSA) is 76.3 Å². The van der Waals surface area contributed by atoms with E-state index in [2.05, 4.69) is 4.98 Å². The summed E-state index contributed by atoms with van der Waals surface area (Å²) in [5.41, 5.74) is 5.36. The highest BCUT2D eigenvalue weighted by Crippen LogP contribution is 2.18.